The molecule has 16 heavy (non-hydrogen) atoms. The molecule has 1 aromatic carbocycles. The third kappa shape index (κ3) is 2.13. The van der Waals surface area contributed by atoms with Gasteiger partial charge in [0.15, 0.2) is 11.6 Å². The lowest BCUT2D eigenvalue weighted by molar-refractivity contribution is 0.432. The van der Waals surface area contributed by atoms with Crippen LogP contribution in [0.15, 0.2) is 30.5 Å². The third-order valence-electron chi connectivity index (χ3n) is 2.34. The molecule has 2 N–H and O–H groups in total. The van der Waals surface area contributed by atoms with Gasteiger partial charge in [-0.2, -0.15) is 5.10 Å². The molecule has 2 aromatic rings. The molecule has 0 saturated heterocycles. The zero-order valence-corrected chi connectivity index (χ0v) is 8.81. The summed E-state index contributed by atoms with van der Waals surface area (Å²) < 4.78 is 14.8. The summed E-state index contributed by atoms with van der Waals surface area (Å²) in [5, 5.41) is 16.1. The molecule has 1 aromatic heterocycles. The number of aromatic hydroxyl groups is 1. The van der Waals surface area contributed by atoms with Crippen LogP contribution in [-0.2, 0) is 13.6 Å². The molecule has 0 saturated carbocycles. The lowest BCUT2D eigenvalue weighted by atomic mass is 10.3. The van der Waals surface area contributed by atoms with Crippen molar-refractivity contribution in [2.24, 2.45) is 7.05 Å². The number of hydrogen-bond acceptors (Lipinski definition) is 3. The Morgan fingerprint density at radius 2 is 2.25 bits per heavy atom. The first-order chi connectivity index (χ1) is 7.66. The smallest absolute Gasteiger partial charge is 0.166 e. The zero-order valence-electron chi connectivity index (χ0n) is 8.81. The molecule has 0 spiro atoms. The molecule has 0 atom stereocenters. The number of aryl methyl sites for hydroxylation is 1. The Hall–Kier alpha value is -2.04. The van der Waals surface area contributed by atoms with Crippen LogP contribution in [0.2, 0.25) is 0 Å². The number of aromatic nitrogens is 2. The maximum Gasteiger partial charge on any atom is 0.166 e. The first-order valence-electron chi connectivity index (χ1n) is 4.86. The Kier molecular flexibility index (Phi) is 2.76. The van der Waals surface area contributed by atoms with Crippen molar-refractivity contribution in [3.63, 3.8) is 0 Å². The van der Waals surface area contributed by atoms with E-state index in [9.17, 15) is 4.39 Å². The second kappa shape index (κ2) is 4.22. The Labute approximate surface area is 92.3 Å². The summed E-state index contributed by atoms with van der Waals surface area (Å²) in [5.41, 5.74) is 1.62. The van der Waals surface area contributed by atoms with Crippen molar-refractivity contribution in [1.82, 2.24) is 9.78 Å². The molecular formula is C11H12FN3O. The van der Waals surface area contributed by atoms with E-state index in [1.165, 1.54) is 12.1 Å². The second-order valence-corrected chi connectivity index (χ2v) is 3.47. The number of hydrogen-bond donors (Lipinski definition) is 2. The lowest BCUT2D eigenvalue weighted by Gasteiger charge is -2.07. The standard InChI is InChI=1S/C11H12FN3O/c1-15-9(4-5-14-15)7-13-8-2-3-11(16)10(12)6-8/h2-6,13,16H,7H2,1H3. The van der Waals surface area contributed by atoms with Crippen molar-refractivity contribution in [3.8, 4) is 5.75 Å². The SMILES string of the molecule is Cn1nccc1CNc1ccc(O)c(F)c1. The molecule has 0 radical (unpaired) electrons. The quantitative estimate of drug-likeness (QED) is 0.778. The van der Waals surface area contributed by atoms with Gasteiger partial charge in [-0.05, 0) is 18.2 Å². The molecule has 84 valence electrons. The monoisotopic (exact) mass is 221 g/mol. The molecule has 0 unspecified atom stereocenters. The predicted molar refractivity (Wildman–Crippen MR) is 58.6 cm³/mol. The minimum Gasteiger partial charge on any atom is -0.505 e. The lowest BCUT2D eigenvalue weighted by Crippen LogP contribution is -2.05. The molecule has 1 heterocycles. The Morgan fingerprint density at radius 1 is 1.44 bits per heavy atom. The van der Waals surface area contributed by atoms with Crippen LogP contribution in [0, 0.1) is 5.82 Å². The van der Waals surface area contributed by atoms with E-state index in [1.807, 2.05) is 13.1 Å². The van der Waals surface area contributed by atoms with Crippen LogP contribution in [0.25, 0.3) is 0 Å². The molecule has 2 rings (SSSR count). The van der Waals surface area contributed by atoms with Crippen molar-refractivity contribution < 1.29 is 9.50 Å². The zero-order chi connectivity index (χ0) is 11.5. The molecular weight excluding hydrogens is 209 g/mol. The third-order valence-corrected chi connectivity index (χ3v) is 2.34. The predicted octanol–water partition coefficient (Wildman–Crippen LogP) is 1.88. The van der Waals surface area contributed by atoms with Crippen molar-refractivity contribution >= 4 is 5.69 Å². The van der Waals surface area contributed by atoms with Crippen molar-refractivity contribution in [3.05, 3.63) is 42.0 Å². The minimum atomic E-state index is -0.630. The number of nitrogens with one attached hydrogen (secondary N) is 1. The number of phenolic OH excluding ortho intramolecular Hbond substituents is 1. The number of phenols is 1. The van der Waals surface area contributed by atoms with Crippen molar-refractivity contribution in [1.29, 1.82) is 0 Å². The van der Waals surface area contributed by atoms with Crippen LogP contribution in [0.3, 0.4) is 0 Å². The highest BCUT2D eigenvalue weighted by Gasteiger charge is 2.02. The van der Waals surface area contributed by atoms with Gasteiger partial charge in [-0.25, -0.2) is 4.39 Å². The van der Waals surface area contributed by atoms with E-state index in [-0.39, 0.29) is 5.75 Å². The fourth-order valence-electron chi connectivity index (χ4n) is 1.38. The fraction of sp³-hybridized carbons (Fsp3) is 0.182. The van der Waals surface area contributed by atoms with Gasteiger partial charge < -0.3 is 10.4 Å². The van der Waals surface area contributed by atoms with Gasteiger partial charge >= 0.3 is 0 Å². The second-order valence-electron chi connectivity index (χ2n) is 3.47. The van der Waals surface area contributed by atoms with Gasteiger partial charge in [0.25, 0.3) is 0 Å². The maximum absolute atomic E-state index is 13.0. The summed E-state index contributed by atoms with van der Waals surface area (Å²) in [7, 11) is 1.84. The van der Waals surface area contributed by atoms with E-state index in [1.54, 1.807) is 16.9 Å². The summed E-state index contributed by atoms with van der Waals surface area (Å²) in [6.07, 6.45) is 1.70. The van der Waals surface area contributed by atoms with Crippen LogP contribution in [0.5, 0.6) is 5.75 Å². The Bertz CT molecular complexity index is 496. The van der Waals surface area contributed by atoms with Gasteiger partial charge in [0.05, 0.1) is 12.2 Å². The number of anilines is 1. The summed E-state index contributed by atoms with van der Waals surface area (Å²) in [5.74, 6) is -0.971. The van der Waals surface area contributed by atoms with Gasteiger partial charge in [-0.1, -0.05) is 0 Å². The van der Waals surface area contributed by atoms with E-state index in [0.29, 0.717) is 12.2 Å². The van der Waals surface area contributed by atoms with Gasteiger partial charge in [0.2, 0.25) is 0 Å². The molecule has 0 aliphatic rings. The highest BCUT2D eigenvalue weighted by molar-refractivity contribution is 5.47. The first-order valence-corrected chi connectivity index (χ1v) is 4.86. The van der Waals surface area contributed by atoms with Gasteiger partial charge in [0.1, 0.15) is 0 Å². The first kappa shape index (κ1) is 10.5. The van der Waals surface area contributed by atoms with Gasteiger partial charge in [-0.15, -0.1) is 0 Å². The fourth-order valence-corrected chi connectivity index (χ4v) is 1.38. The molecule has 5 heteroatoms. The highest BCUT2D eigenvalue weighted by Crippen LogP contribution is 2.19. The van der Waals surface area contributed by atoms with Crippen LogP contribution < -0.4 is 5.32 Å². The normalized spacial score (nSPS) is 10.4. The van der Waals surface area contributed by atoms with Gasteiger partial charge in [-0.3, -0.25) is 4.68 Å². The molecule has 0 amide bonds. The van der Waals surface area contributed by atoms with E-state index in [4.69, 9.17) is 5.11 Å². The Balaban J connectivity index is 2.05. The van der Waals surface area contributed by atoms with Crippen molar-refractivity contribution in [2.75, 3.05) is 5.32 Å². The number of nitrogens with zero attached hydrogens (tertiary/aromatic N) is 2. The molecule has 0 fully saturated rings. The number of benzene rings is 1. The van der Waals surface area contributed by atoms with E-state index in [2.05, 4.69) is 10.4 Å². The number of rotatable bonds is 3. The van der Waals surface area contributed by atoms with Crippen LogP contribution in [-0.4, -0.2) is 14.9 Å². The van der Waals surface area contributed by atoms with Crippen LogP contribution in [0.1, 0.15) is 5.69 Å². The molecule has 0 bridgehead atoms. The number of halogens is 1. The van der Waals surface area contributed by atoms with E-state index in [0.717, 1.165) is 5.69 Å². The highest BCUT2D eigenvalue weighted by atomic mass is 19.1. The summed E-state index contributed by atoms with van der Waals surface area (Å²) in [6, 6.07) is 6.07. The molecule has 0 aliphatic carbocycles. The average Bonchev–Trinajstić information content (AvgIpc) is 2.66. The summed E-state index contributed by atoms with van der Waals surface area (Å²) >= 11 is 0. The molecule has 4 nitrogen and oxygen atoms in total. The van der Waals surface area contributed by atoms with Crippen molar-refractivity contribution in [2.45, 2.75) is 6.54 Å². The topological polar surface area (TPSA) is 50.1 Å². The van der Waals surface area contributed by atoms with Gasteiger partial charge in [0, 0.05) is 25.0 Å². The summed E-state index contributed by atoms with van der Waals surface area (Å²) in [4.78, 5) is 0. The van der Waals surface area contributed by atoms with E-state index < -0.39 is 5.82 Å². The largest absolute Gasteiger partial charge is 0.505 e. The maximum atomic E-state index is 13.0. The average molecular weight is 221 g/mol. The van der Waals surface area contributed by atoms with Crippen LogP contribution in [0.4, 0.5) is 10.1 Å². The van der Waals surface area contributed by atoms with Crippen LogP contribution >= 0.6 is 0 Å². The Morgan fingerprint density at radius 3 is 2.88 bits per heavy atom. The minimum absolute atomic E-state index is 0.342. The summed E-state index contributed by atoms with van der Waals surface area (Å²) in [6.45, 7) is 0.556. The van der Waals surface area contributed by atoms with E-state index >= 15 is 0 Å². The molecule has 0 aliphatic heterocycles.